The van der Waals surface area contributed by atoms with E-state index >= 15 is 0 Å². The summed E-state index contributed by atoms with van der Waals surface area (Å²) in [6.07, 6.45) is 2.20. The van der Waals surface area contributed by atoms with Gasteiger partial charge in [0.15, 0.2) is 0 Å². The number of sulfonamides is 1. The quantitative estimate of drug-likeness (QED) is 0.637. The van der Waals surface area contributed by atoms with Crippen LogP contribution in [0.3, 0.4) is 0 Å². The van der Waals surface area contributed by atoms with E-state index in [1.807, 2.05) is 13.0 Å². The number of hydrogen-bond acceptors (Lipinski definition) is 4. The SMILES string of the molecule is Cc1ccc(C)c(S(=O)(=O)Nc2ccc(C(=O)NC(CN)C3CC3)cc2)c1.Cl. The number of hydrogen-bond donors (Lipinski definition) is 3. The van der Waals surface area contributed by atoms with Gasteiger partial charge < -0.3 is 11.1 Å². The number of carbonyl (C=O) groups excluding carboxylic acids is 1. The molecule has 4 N–H and O–H groups in total. The molecule has 0 aliphatic heterocycles. The van der Waals surface area contributed by atoms with Crippen LogP contribution >= 0.6 is 12.4 Å². The highest BCUT2D eigenvalue weighted by atomic mass is 35.5. The van der Waals surface area contributed by atoms with Crippen molar-refractivity contribution in [1.82, 2.24) is 5.32 Å². The maximum atomic E-state index is 12.7. The smallest absolute Gasteiger partial charge is 0.262 e. The fourth-order valence-corrected chi connectivity index (χ4v) is 4.41. The number of nitrogens with one attached hydrogen (secondary N) is 2. The molecule has 6 nitrogen and oxygen atoms in total. The molecule has 8 heteroatoms. The number of carbonyl (C=O) groups is 1. The summed E-state index contributed by atoms with van der Waals surface area (Å²) < 4.78 is 27.9. The number of halogens is 1. The number of nitrogens with two attached hydrogens (primary N) is 1. The maximum absolute atomic E-state index is 12.7. The summed E-state index contributed by atoms with van der Waals surface area (Å²) in [5, 5.41) is 2.95. The molecule has 28 heavy (non-hydrogen) atoms. The van der Waals surface area contributed by atoms with Crippen LogP contribution in [0.2, 0.25) is 0 Å². The highest BCUT2D eigenvalue weighted by Crippen LogP contribution is 2.32. The number of benzene rings is 2. The predicted molar refractivity (Wildman–Crippen MR) is 113 cm³/mol. The minimum absolute atomic E-state index is 0. The van der Waals surface area contributed by atoms with Crippen LogP contribution < -0.4 is 15.8 Å². The summed E-state index contributed by atoms with van der Waals surface area (Å²) in [5.41, 5.74) is 8.15. The van der Waals surface area contributed by atoms with Gasteiger partial charge in [0, 0.05) is 23.8 Å². The molecule has 1 amide bonds. The number of anilines is 1. The Morgan fingerprint density at radius 2 is 1.79 bits per heavy atom. The Bertz CT molecular complexity index is 942. The Balaban J connectivity index is 0.00000280. The second-order valence-electron chi connectivity index (χ2n) is 7.10. The van der Waals surface area contributed by atoms with Gasteiger partial charge in [-0.1, -0.05) is 12.1 Å². The lowest BCUT2D eigenvalue weighted by Gasteiger charge is -2.16. The molecule has 1 fully saturated rings. The lowest BCUT2D eigenvalue weighted by molar-refractivity contribution is 0.0933. The van der Waals surface area contributed by atoms with Crippen LogP contribution in [0.5, 0.6) is 0 Å². The van der Waals surface area contributed by atoms with Crippen molar-refractivity contribution in [2.45, 2.75) is 37.6 Å². The number of amides is 1. The van der Waals surface area contributed by atoms with Crippen LogP contribution in [-0.2, 0) is 10.0 Å². The van der Waals surface area contributed by atoms with Crippen molar-refractivity contribution in [3.63, 3.8) is 0 Å². The topological polar surface area (TPSA) is 101 Å². The minimum atomic E-state index is -3.69. The predicted octanol–water partition coefficient (Wildman–Crippen LogP) is 2.99. The van der Waals surface area contributed by atoms with Gasteiger partial charge in [-0.05, 0) is 74.1 Å². The summed E-state index contributed by atoms with van der Waals surface area (Å²) in [6.45, 7) is 4.03. The average molecular weight is 424 g/mol. The molecule has 3 rings (SSSR count). The first-order valence-electron chi connectivity index (χ1n) is 9.01. The van der Waals surface area contributed by atoms with E-state index in [9.17, 15) is 13.2 Å². The van der Waals surface area contributed by atoms with Crippen molar-refractivity contribution in [2.75, 3.05) is 11.3 Å². The molecule has 0 radical (unpaired) electrons. The summed E-state index contributed by atoms with van der Waals surface area (Å²) in [5.74, 6) is 0.281. The molecule has 152 valence electrons. The Morgan fingerprint density at radius 3 is 2.36 bits per heavy atom. The first-order valence-corrected chi connectivity index (χ1v) is 10.5. The molecule has 2 aromatic carbocycles. The third kappa shape index (κ3) is 5.25. The van der Waals surface area contributed by atoms with Gasteiger partial charge in [-0.15, -0.1) is 12.4 Å². The average Bonchev–Trinajstić information content (AvgIpc) is 3.46. The van der Waals surface area contributed by atoms with Crippen molar-refractivity contribution < 1.29 is 13.2 Å². The zero-order chi connectivity index (χ0) is 19.6. The highest BCUT2D eigenvalue weighted by Gasteiger charge is 2.31. The molecule has 0 spiro atoms. The molecule has 0 heterocycles. The van der Waals surface area contributed by atoms with Crippen LogP contribution in [0.15, 0.2) is 47.4 Å². The molecule has 1 aliphatic carbocycles. The number of aryl methyl sites for hydroxylation is 2. The van der Waals surface area contributed by atoms with E-state index in [4.69, 9.17) is 5.73 Å². The van der Waals surface area contributed by atoms with E-state index in [0.29, 0.717) is 29.3 Å². The van der Waals surface area contributed by atoms with E-state index in [1.54, 1.807) is 43.3 Å². The van der Waals surface area contributed by atoms with Crippen LogP contribution in [-0.4, -0.2) is 26.9 Å². The van der Waals surface area contributed by atoms with Crippen molar-refractivity contribution in [3.05, 3.63) is 59.2 Å². The fourth-order valence-electron chi connectivity index (χ4n) is 3.02. The van der Waals surface area contributed by atoms with Gasteiger partial charge in [0.1, 0.15) is 0 Å². The lowest BCUT2D eigenvalue weighted by Crippen LogP contribution is -2.41. The molecule has 1 saturated carbocycles. The third-order valence-electron chi connectivity index (χ3n) is 4.79. The minimum Gasteiger partial charge on any atom is -0.348 e. The van der Waals surface area contributed by atoms with Gasteiger partial charge in [0.05, 0.1) is 4.90 Å². The monoisotopic (exact) mass is 423 g/mol. The molecular weight excluding hydrogens is 398 g/mol. The Morgan fingerprint density at radius 1 is 1.14 bits per heavy atom. The van der Waals surface area contributed by atoms with Gasteiger partial charge in [0.25, 0.3) is 15.9 Å². The van der Waals surface area contributed by atoms with Crippen LogP contribution in [0.4, 0.5) is 5.69 Å². The summed E-state index contributed by atoms with van der Waals surface area (Å²) >= 11 is 0. The normalized spacial score (nSPS) is 14.7. The standard InChI is InChI=1S/C20H25N3O3S.ClH/c1-13-3-4-14(2)19(11-13)27(25,26)23-17-9-7-16(8-10-17)20(24)22-18(12-21)15-5-6-15;/h3-4,7-11,15,18,23H,5-6,12,21H2,1-2H3,(H,22,24);1H. The Labute approximate surface area is 172 Å². The zero-order valence-corrected chi connectivity index (χ0v) is 17.6. The molecule has 2 aromatic rings. The van der Waals surface area contributed by atoms with E-state index in [1.165, 1.54) is 0 Å². The molecular formula is C20H26ClN3O3S. The Kier molecular flexibility index (Phi) is 7.09. The van der Waals surface area contributed by atoms with Crippen LogP contribution in [0.1, 0.15) is 34.3 Å². The van der Waals surface area contributed by atoms with Crippen molar-refractivity contribution in [3.8, 4) is 0 Å². The lowest BCUT2D eigenvalue weighted by atomic mass is 10.1. The fraction of sp³-hybridized carbons (Fsp3) is 0.350. The van der Waals surface area contributed by atoms with Gasteiger partial charge in [0.2, 0.25) is 0 Å². The summed E-state index contributed by atoms with van der Waals surface area (Å²) in [6, 6.07) is 11.7. The largest absolute Gasteiger partial charge is 0.348 e. The van der Waals surface area contributed by atoms with E-state index in [-0.39, 0.29) is 29.3 Å². The van der Waals surface area contributed by atoms with Crippen molar-refractivity contribution >= 4 is 34.0 Å². The molecule has 1 unspecified atom stereocenters. The van der Waals surface area contributed by atoms with Gasteiger partial charge in [-0.25, -0.2) is 8.42 Å². The zero-order valence-electron chi connectivity index (χ0n) is 15.9. The van der Waals surface area contributed by atoms with Crippen LogP contribution in [0, 0.1) is 19.8 Å². The molecule has 0 aromatic heterocycles. The highest BCUT2D eigenvalue weighted by molar-refractivity contribution is 7.92. The second-order valence-corrected chi connectivity index (χ2v) is 8.76. The molecule has 1 aliphatic rings. The van der Waals surface area contributed by atoms with Gasteiger partial charge in [-0.2, -0.15) is 0 Å². The summed E-state index contributed by atoms with van der Waals surface area (Å²) in [4.78, 5) is 12.6. The molecule has 0 saturated heterocycles. The van der Waals surface area contributed by atoms with Crippen molar-refractivity contribution in [1.29, 1.82) is 0 Å². The van der Waals surface area contributed by atoms with Crippen molar-refractivity contribution in [2.24, 2.45) is 11.7 Å². The van der Waals surface area contributed by atoms with E-state index in [0.717, 1.165) is 18.4 Å². The number of rotatable bonds is 7. The van der Waals surface area contributed by atoms with Gasteiger partial charge >= 0.3 is 0 Å². The van der Waals surface area contributed by atoms with E-state index < -0.39 is 10.0 Å². The summed E-state index contributed by atoms with van der Waals surface area (Å²) in [7, 11) is -3.69. The van der Waals surface area contributed by atoms with Crippen LogP contribution in [0.25, 0.3) is 0 Å². The first-order chi connectivity index (χ1) is 12.8. The molecule has 1 atom stereocenters. The Hall–Kier alpha value is -2.09. The third-order valence-corrected chi connectivity index (χ3v) is 6.32. The van der Waals surface area contributed by atoms with E-state index in [2.05, 4.69) is 10.0 Å². The molecule has 0 bridgehead atoms. The van der Waals surface area contributed by atoms with Gasteiger partial charge in [-0.3, -0.25) is 9.52 Å². The second kappa shape index (κ2) is 8.94. The maximum Gasteiger partial charge on any atom is 0.262 e. The first kappa shape index (κ1) is 22.2.